The number of imidazole rings is 1. The van der Waals surface area contributed by atoms with Crippen molar-refractivity contribution >= 4 is 45.9 Å². The molecule has 3 heterocycles. The van der Waals surface area contributed by atoms with Crippen LogP contribution in [0, 0.1) is 5.92 Å². The monoisotopic (exact) mass is 732 g/mol. The number of ketones is 1. The van der Waals surface area contributed by atoms with E-state index in [9.17, 15) is 9.59 Å². The van der Waals surface area contributed by atoms with Crippen molar-refractivity contribution < 1.29 is 28.2 Å². The molecular formula is C39H42Cl2N4O6. The van der Waals surface area contributed by atoms with Gasteiger partial charge in [0.1, 0.15) is 0 Å². The maximum absolute atomic E-state index is 13.9. The Kier molecular flexibility index (Phi) is 11.5. The number of benzene rings is 3. The van der Waals surface area contributed by atoms with Crippen LogP contribution in [0.2, 0.25) is 10.0 Å². The molecule has 1 fully saturated rings. The number of methoxy groups -OCH3 is 3. The standard InChI is InChI=1S/C39H42Cl2N4O6/c1-43(39(47)29-20-34(48-2)37(50-4)35(21-29)49-3)23-28(27-9-10-30(40)31(41)19-27)13-17-44-15-11-26(12-16-44)36(46)38-42-32-7-5-6-8-33(32)45(38)22-25-14-18-51-24-25/h5-10,14,18-21,24,26,28H,11-13,15-17,22-23H2,1-4H3. The second-order valence-corrected chi connectivity index (χ2v) is 13.7. The van der Waals surface area contributed by atoms with Crippen molar-refractivity contribution in [1.29, 1.82) is 0 Å². The van der Waals surface area contributed by atoms with Gasteiger partial charge in [0.2, 0.25) is 11.5 Å². The highest BCUT2D eigenvalue weighted by molar-refractivity contribution is 6.42. The van der Waals surface area contributed by atoms with Gasteiger partial charge in [-0.25, -0.2) is 4.98 Å². The summed E-state index contributed by atoms with van der Waals surface area (Å²) in [5, 5.41) is 0.946. The van der Waals surface area contributed by atoms with Gasteiger partial charge < -0.3 is 33.0 Å². The van der Waals surface area contributed by atoms with E-state index >= 15 is 0 Å². The zero-order valence-corrected chi connectivity index (χ0v) is 30.7. The first-order valence-corrected chi connectivity index (χ1v) is 17.7. The number of halogens is 2. The van der Waals surface area contributed by atoms with Crippen LogP contribution in [0.1, 0.15) is 57.3 Å². The highest BCUT2D eigenvalue weighted by atomic mass is 35.5. The van der Waals surface area contributed by atoms with Crippen molar-refractivity contribution in [3.8, 4) is 17.2 Å². The minimum absolute atomic E-state index is 0.0297. The molecule has 0 saturated carbocycles. The molecule has 3 aromatic carbocycles. The van der Waals surface area contributed by atoms with Gasteiger partial charge in [0.25, 0.3) is 5.91 Å². The molecule has 0 N–H and O–H groups in total. The molecule has 2 aromatic heterocycles. The van der Waals surface area contributed by atoms with Gasteiger partial charge in [-0.15, -0.1) is 0 Å². The lowest BCUT2D eigenvalue weighted by Crippen LogP contribution is -2.38. The first kappa shape index (κ1) is 36.3. The Morgan fingerprint density at radius 2 is 1.69 bits per heavy atom. The molecule has 0 aliphatic carbocycles. The van der Waals surface area contributed by atoms with Crippen molar-refractivity contribution in [2.75, 3.05) is 54.6 Å². The fraction of sp³-hybridized carbons (Fsp3) is 0.359. The smallest absolute Gasteiger partial charge is 0.253 e. The normalized spacial score (nSPS) is 14.4. The molecule has 6 rings (SSSR count). The van der Waals surface area contributed by atoms with Crippen LogP contribution in [0.3, 0.4) is 0 Å². The molecule has 1 amide bonds. The number of carbonyl (C=O) groups excluding carboxylic acids is 2. The van der Waals surface area contributed by atoms with Crippen molar-refractivity contribution in [2.45, 2.75) is 31.7 Å². The van der Waals surface area contributed by atoms with Gasteiger partial charge in [-0.3, -0.25) is 9.59 Å². The van der Waals surface area contributed by atoms with E-state index in [1.54, 1.807) is 42.7 Å². The first-order chi connectivity index (χ1) is 24.7. The molecular weight excluding hydrogens is 691 g/mol. The van der Waals surface area contributed by atoms with Crippen molar-refractivity contribution in [3.63, 3.8) is 0 Å². The maximum Gasteiger partial charge on any atom is 0.253 e. The zero-order valence-electron chi connectivity index (χ0n) is 29.2. The predicted octanol–water partition coefficient (Wildman–Crippen LogP) is 7.85. The highest BCUT2D eigenvalue weighted by Crippen LogP contribution is 2.39. The molecule has 12 heteroatoms. The molecule has 268 valence electrons. The Bertz CT molecular complexity index is 1960. The van der Waals surface area contributed by atoms with Crippen LogP contribution in [-0.4, -0.2) is 85.6 Å². The summed E-state index contributed by atoms with van der Waals surface area (Å²) in [7, 11) is 6.35. The number of amides is 1. The van der Waals surface area contributed by atoms with Gasteiger partial charge in [0, 0.05) is 36.6 Å². The van der Waals surface area contributed by atoms with E-state index in [4.69, 9.17) is 46.8 Å². The number of furan rings is 1. The second-order valence-electron chi connectivity index (χ2n) is 12.9. The number of aromatic nitrogens is 2. The average Bonchev–Trinajstić information content (AvgIpc) is 3.81. The lowest BCUT2D eigenvalue weighted by molar-refractivity contribution is 0.0778. The van der Waals surface area contributed by atoms with Gasteiger partial charge in [0.15, 0.2) is 17.3 Å². The summed E-state index contributed by atoms with van der Waals surface area (Å²) in [6.07, 6.45) is 5.59. The molecule has 51 heavy (non-hydrogen) atoms. The molecule has 1 aliphatic rings. The minimum atomic E-state index is -0.183. The number of nitrogens with zero attached hydrogens (tertiary/aromatic N) is 4. The topological polar surface area (TPSA) is 99.3 Å². The van der Waals surface area contributed by atoms with E-state index in [2.05, 4.69) is 4.90 Å². The second kappa shape index (κ2) is 16.2. The Labute approximate surface area is 307 Å². The van der Waals surface area contributed by atoms with E-state index in [-0.39, 0.29) is 23.5 Å². The molecule has 0 bridgehead atoms. The van der Waals surface area contributed by atoms with Crippen LogP contribution >= 0.6 is 23.2 Å². The Morgan fingerprint density at radius 1 is 0.961 bits per heavy atom. The number of hydrogen-bond acceptors (Lipinski definition) is 8. The van der Waals surface area contributed by atoms with Gasteiger partial charge >= 0.3 is 0 Å². The zero-order chi connectivity index (χ0) is 36.1. The van der Waals surface area contributed by atoms with Crippen molar-refractivity contribution in [2.24, 2.45) is 5.92 Å². The fourth-order valence-corrected chi connectivity index (χ4v) is 7.20. The van der Waals surface area contributed by atoms with E-state index in [1.165, 1.54) is 21.3 Å². The number of Topliss-reactive ketones (excluding diaryl/α,β-unsaturated/α-hetero) is 1. The number of para-hydroxylation sites is 2. The lowest BCUT2D eigenvalue weighted by Gasteiger charge is -2.33. The summed E-state index contributed by atoms with van der Waals surface area (Å²) in [5.74, 6) is 1.49. The predicted molar refractivity (Wildman–Crippen MR) is 198 cm³/mol. The maximum atomic E-state index is 13.9. The lowest BCUT2D eigenvalue weighted by atomic mass is 9.90. The van der Waals surface area contributed by atoms with E-state index < -0.39 is 0 Å². The Morgan fingerprint density at radius 3 is 2.33 bits per heavy atom. The summed E-state index contributed by atoms with van der Waals surface area (Å²) in [6.45, 7) is 3.31. The molecule has 1 aliphatic heterocycles. The number of piperidine rings is 1. The number of carbonyl (C=O) groups is 2. The summed E-state index contributed by atoms with van der Waals surface area (Å²) in [4.78, 5) is 36.6. The minimum Gasteiger partial charge on any atom is -0.493 e. The largest absolute Gasteiger partial charge is 0.493 e. The number of hydrogen-bond donors (Lipinski definition) is 0. The molecule has 1 atom stereocenters. The molecule has 1 saturated heterocycles. The van der Waals surface area contributed by atoms with E-state index in [0.717, 1.165) is 61.1 Å². The first-order valence-electron chi connectivity index (χ1n) is 16.9. The van der Waals surface area contributed by atoms with Crippen LogP contribution in [0.5, 0.6) is 17.2 Å². The Balaban J connectivity index is 1.13. The average molecular weight is 734 g/mol. The third-order valence-electron chi connectivity index (χ3n) is 9.72. The van der Waals surface area contributed by atoms with Crippen LogP contribution < -0.4 is 14.2 Å². The number of rotatable bonds is 14. The Hall–Kier alpha value is -4.51. The molecule has 10 nitrogen and oxygen atoms in total. The third-order valence-corrected chi connectivity index (χ3v) is 10.5. The molecule has 0 spiro atoms. The quantitative estimate of drug-likeness (QED) is 0.107. The molecule has 0 radical (unpaired) electrons. The molecule has 1 unspecified atom stereocenters. The number of fused-ring (bicyclic) bond motifs is 1. The third kappa shape index (κ3) is 8.03. The summed E-state index contributed by atoms with van der Waals surface area (Å²) in [6, 6.07) is 18.7. The van der Waals surface area contributed by atoms with E-state index in [0.29, 0.717) is 51.8 Å². The summed E-state index contributed by atoms with van der Waals surface area (Å²) < 4.78 is 23.7. The van der Waals surface area contributed by atoms with Crippen molar-refractivity contribution in [1.82, 2.24) is 19.4 Å². The summed E-state index contributed by atoms with van der Waals surface area (Å²) >= 11 is 12.7. The van der Waals surface area contributed by atoms with Gasteiger partial charge in [-0.05, 0) is 86.9 Å². The number of likely N-dealkylation sites (N-methyl/N-ethyl adjacent to an activating group) is 1. The van der Waals surface area contributed by atoms with Crippen LogP contribution in [0.4, 0.5) is 0 Å². The van der Waals surface area contributed by atoms with Crippen LogP contribution in [0.25, 0.3) is 11.0 Å². The van der Waals surface area contributed by atoms with Crippen molar-refractivity contribution in [3.05, 3.63) is 106 Å². The van der Waals surface area contributed by atoms with Gasteiger partial charge in [-0.1, -0.05) is 41.4 Å². The molecule has 5 aromatic rings. The summed E-state index contributed by atoms with van der Waals surface area (Å²) in [5.41, 5.74) is 4.14. The van der Waals surface area contributed by atoms with E-state index in [1.807, 2.05) is 47.0 Å². The van der Waals surface area contributed by atoms with Gasteiger partial charge in [-0.2, -0.15) is 0 Å². The number of likely N-dealkylation sites (tertiary alicyclic amines) is 1. The van der Waals surface area contributed by atoms with Crippen LogP contribution in [0.15, 0.2) is 77.6 Å². The SMILES string of the molecule is COc1cc(C(=O)N(C)CC(CCN2CCC(C(=O)c3nc4ccccc4n3Cc3ccoc3)CC2)c2ccc(Cl)c(Cl)c2)cc(OC)c1OC. The fourth-order valence-electron chi connectivity index (χ4n) is 6.90. The number of ether oxygens (including phenoxy) is 3. The van der Waals surface area contributed by atoms with Crippen LogP contribution in [-0.2, 0) is 6.54 Å². The van der Waals surface area contributed by atoms with Gasteiger partial charge in [0.05, 0.1) is 61.5 Å². The highest BCUT2D eigenvalue weighted by Gasteiger charge is 2.30.